The van der Waals surface area contributed by atoms with Gasteiger partial charge in [-0.05, 0) is 18.9 Å². The Labute approximate surface area is 167 Å². The van der Waals surface area contributed by atoms with Crippen LogP contribution < -0.4 is 5.56 Å². The molecule has 150 valence electrons. The maximum atomic E-state index is 13.1. The van der Waals surface area contributed by atoms with Gasteiger partial charge in [0.2, 0.25) is 5.78 Å². The summed E-state index contributed by atoms with van der Waals surface area (Å²) in [5, 5.41) is 6.44. The predicted molar refractivity (Wildman–Crippen MR) is 109 cm³/mol. The lowest BCUT2D eigenvalue weighted by Gasteiger charge is -2.17. The number of aromatic nitrogens is 2. The van der Waals surface area contributed by atoms with E-state index in [2.05, 4.69) is 14.6 Å². The number of aryl methyl sites for hydroxylation is 1. The molecule has 2 heterocycles. The lowest BCUT2D eigenvalue weighted by molar-refractivity contribution is 0.103. The molecule has 10 heteroatoms. The number of hydrogen-bond donors (Lipinski definition) is 1. The number of carbonyl (C=O) groups is 1. The summed E-state index contributed by atoms with van der Waals surface area (Å²) in [6.07, 6.45) is 5.42. The average molecular weight is 425 g/mol. The number of H-pyrrole nitrogens is 1. The maximum Gasteiger partial charge on any atom is 0.277 e. The first-order chi connectivity index (χ1) is 13.4. The Morgan fingerprint density at radius 2 is 2.00 bits per heavy atom. The molecule has 1 aromatic carbocycles. The quantitative estimate of drug-likeness (QED) is 0.452. The molecular weight excluding hydrogens is 404 g/mol. The lowest BCUT2D eigenvalue weighted by Crippen LogP contribution is -2.19. The molecule has 1 aliphatic heterocycles. The van der Waals surface area contributed by atoms with Crippen LogP contribution in [0.1, 0.15) is 40.7 Å². The number of hydrogen-bond acceptors (Lipinski definition) is 6. The molecule has 1 aromatic heterocycles. The molecule has 0 atom stereocenters. The number of aromatic amines is 1. The van der Waals surface area contributed by atoms with Crippen LogP contribution in [0, 0.1) is 0 Å². The van der Waals surface area contributed by atoms with Crippen molar-refractivity contribution in [2.75, 3.05) is 18.6 Å². The van der Waals surface area contributed by atoms with Gasteiger partial charge < -0.3 is 9.94 Å². The second-order valence-corrected chi connectivity index (χ2v) is 9.42. The van der Waals surface area contributed by atoms with E-state index in [9.17, 15) is 13.8 Å². The van der Waals surface area contributed by atoms with Crippen molar-refractivity contribution in [2.45, 2.75) is 19.3 Å². The minimum Gasteiger partial charge on any atom is -0.399 e. The van der Waals surface area contributed by atoms with Crippen molar-refractivity contribution in [2.24, 2.45) is 16.6 Å². The highest BCUT2D eigenvalue weighted by molar-refractivity contribution is 7.93. The Kier molecular flexibility index (Phi) is 6.04. The second kappa shape index (κ2) is 8.32. The van der Waals surface area contributed by atoms with Crippen molar-refractivity contribution in [3.05, 3.63) is 50.4 Å². The summed E-state index contributed by atoms with van der Waals surface area (Å²) >= 11 is 6.52. The molecule has 0 spiro atoms. The van der Waals surface area contributed by atoms with Gasteiger partial charge in [-0.2, -0.15) is 4.36 Å². The monoisotopic (exact) mass is 424 g/mol. The summed E-state index contributed by atoms with van der Waals surface area (Å²) in [7, 11) is 0.442. The highest BCUT2D eigenvalue weighted by Gasteiger charge is 2.23. The average Bonchev–Trinajstić information content (AvgIpc) is 3.01. The van der Waals surface area contributed by atoms with Crippen LogP contribution >= 0.6 is 11.6 Å². The third-order valence-corrected chi connectivity index (χ3v) is 7.31. The molecule has 1 N–H and O–H groups in total. The minimum atomic E-state index is -2.47. The van der Waals surface area contributed by atoms with E-state index in [1.54, 1.807) is 6.07 Å². The van der Waals surface area contributed by atoms with Gasteiger partial charge in [-0.15, -0.1) is 0 Å². The smallest absolute Gasteiger partial charge is 0.277 e. The fourth-order valence-electron chi connectivity index (χ4n) is 3.02. The molecule has 3 rings (SSSR count). The third kappa shape index (κ3) is 4.05. The summed E-state index contributed by atoms with van der Waals surface area (Å²) in [4.78, 5) is 29.7. The van der Waals surface area contributed by atoms with Crippen LogP contribution in [0.4, 0.5) is 5.69 Å². The fourth-order valence-corrected chi connectivity index (χ4v) is 5.60. The number of nitrogens with zero attached hydrogens (tertiary/aromatic N) is 3. The van der Waals surface area contributed by atoms with Crippen LogP contribution in [-0.4, -0.2) is 44.6 Å². The largest absolute Gasteiger partial charge is 0.399 e. The molecule has 8 nitrogen and oxygen atoms in total. The molecule has 1 aliphatic rings. The Morgan fingerprint density at radius 1 is 1.29 bits per heavy atom. The zero-order valence-corrected chi connectivity index (χ0v) is 17.2. The molecule has 0 aliphatic carbocycles. The number of ketones is 1. The Balaban J connectivity index is 2.17. The maximum absolute atomic E-state index is 13.1. The fraction of sp³-hybridized carbons (Fsp3) is 0.389. The van der Waals surface area contributed by atoms with Gasteiger partial charge >= 0.3 is 0 Å². The van der Waals surface area contributed by atoms with Crippen LogP contribution in [0.25, 0.3) is 0 Å². The molecule has 0 saturated carbocycles. The summed E-state index contributed by atoms with van der Waals surface area (Å²) in [6.45, 7) is 0. The van der Waals surface area contributed by atoms with Crippen LogP contribution in [0.3, 0.4) is 0 Å². The summed E-state index contributed by atoms with van der Waals surface area (Å²) < 4.78 is 18.8. The Bertz CT molecular complexity index is 1100. The van der Waals surface area contributed by atoms with E-state index in [0.29, 0.717) is 17.1 Å². The third-order valence-electron chi connectivity index (χ3n) is 4.56. The van der Waals surface area contributed by atoms with Gasteiger partial charge in [0.15, 0.2) is 0 Å². The van der Waals surface area contributed by atoms with E-state index in [1.807, 2.05) is 0 Å². The summed E-state index contributed by atoms with van der Waals surface area (Å²) in [5.41, 5.74) is 0.343. The van der Waals surface area contributed by atoms with Crippen molar-refractivity contribution < 1.29 is 13.8 Å². The Hall–Kier alpha value is -2.39. The zero-order chi connectivity index (χ0) is 20.3. The molecule has 1 saturated heterocycles. The van der Waals surface area contributed by atoms with Crippen LogP contribution in [-0.2, 0) is 21.6 Å². The van der Waals surface area contributed by atoms with Crippen molar-refractivity contribution in [3.8, 4) is 0 Å². The van der Waals surface area contributed by atoms with E-state index in [1.165, 1.54) is 37.3 Å². The van der Waals surface area contributed by atoms with Gasteiger partial charge in [0.1, 0.15) is 18.4 Å². The highest BCUT2D eigenvalue weighted by Crippen LogP contribution is 2.35. The normalized spacial score (nSPS) is 16.2. The molecule has 28 heavy (non-hydrogen) atoms. The molecule has 0 unspecified atom stereocenters. The zero-order valence-electron chi connectivity index (χ0n) is 15.6. The van der Waals surface area contributed by atoms with E-state index in [4.69, 9.17) is 16.4 Å². The molecule has 0 radical (unpaired) electrons. The molecule has 0 amide bonds. The highest BCUT2D eigenvalue weighted by atomic mass is 35.5. The van der Waals surface area contributed by atoms with Gasteiger partial charge in [-0.25, -0.2) is 4.21 Å². The predicted octanol–water partition coefficient (Wildman–Crippen LogP) is 2.86. The minimum absolute atomic E-state index is 0.0319. The number of carbonyl (C=O) groups excluding carboxylic acids is 1. The van der Waals surface area contributed by atoms with E-state index >= 15 is 0 Å². The van der Waals surface area contributed by atoms with E-state index < -0.39 is 21.1 Å². The van der Waals surface area contributed by atoms with Crippen LogP contribution in [0.2, 0.25) is 5.02 Å². The van der Waals surface area contributed by atoms with Crippen LogP contribution in [0.5, 0.6) is 0 Å². The van der Waals surface area contributed by atoms with E-state index in [-0.39, 0.29) is 21.8 Å². The van der Waals surface area contributed by atoms with E-state index in [0.717, 1.165) is 19.3 Å². The van der Waals surface area contributed by atoms with Gasteiger partial charge in [0.05, 0.1) is 21.0 Å². The molecule has 1 fully saturated rings. The lowest BCUT2D eigenvalue weighted by atomic mass is 10.0. The first-order valence-electron chi connectivity index (χ1n) is 8.77. The molecule has 2 aromatic rings. The van der Waals surface area contributed by atoms with Crippen molar-refractivity contribution in [1.82, 2.24) is 9.78 Å². The number of oxime groups is 1. The van der Waals surface area contributed by atoms with Gasteiger partial charge in [-0.3, -0.25) is 14.3 Å². The van der Waals surface area contributed by atoms with Gasteiger partial charge in [0, 0.05) is 35.9 Å². The van der Waals surface area contributed by atoms with Crippen molar-refractivity contribution in [3.63, 3.8) is 0 Å². The topological polar surface area (TPSA) is 106 Å². The van der Waals surface area contributed by atoms with Gasteiger partial charge in [-0.1, -0.05) is 29.2 Å². The molecule has 0 bridgehead atoms. The summed E-state index contributed by atoms with van der Waals surface area (Å²) in [5.74, 6) is 0.443. The standard InChI is InChI=1S/C18H21ClN4O4S/c1-23-18(25)14(11-20-23)17(24)13-7-6-12(10-21-27-2)16(15(13)19)22-28(26)8-4-3-5-9-28/h6-7,10-11,20H,3-5,8-9H2,1-2H3/b21-10+. The van der Waals surface area contributed by atoms with Gasteiger partial charge in [0.25, 0.3) is 5.56 Å². The summed E-state index contributed by atoms with van der Waals surface area (Å²) in [6, 6.07) is 3.10. The van der Waals surface area contributed by atoms with Crippen molar-refractivity contribution >= 4 is 39.0 Å². The second-order valence-electron chi connectivity index (χ2n) is 6.50. The molecular formula is C18H21ClN4O4S. The SMILES string of the molecule is CO/N=C/c1ccc(C(=O)c2c[nH]n(C)c2=O)c(Cl)c1N=S1(=O)CCCCC1. The first-order valence-corrected chi connectivity index (χ1v) is 11.0. The van der Waals surface area contributed by atoms with Crippen LogP contribution in [0.15, 0.2) is 32.6 Å². The Morgan fingerprint density at radius 3 is 2.61 bits per heavy atom. The number of benzene rings is 1. The number of nitrogens with one attached hydrogen (secondary N) is 1. The van der Waals surface area contributed by atoms with Crippen molar-refractivity contribution in [1.29, 1.82) is 0 Å². The first kappa shape index (κ1) is 20.3. The number of rotatable bonds is 5. The number of halogens is 1.